The van der Waals surface area contributed by atoms with Crippen LogP contribution < -0.4 is 9.46 Å². The van der Waals surface area contributed by atoms with Crippen LogP contribution in [-0.4, -0.2) is 58.1 Å². The summed E-state index contributed by atoms with van der Waals surface area (Å²) < 4.78 is 10.0. The molecule has 226 valence electrons. The summed E-state index contributed by atoms with van der Waals surface area (Å²) in [7, 11) is 0. The summed E-state index contributed by atoms with van der Waals surface area (Å²) in [4.78, 5) is 16.2. The summed E-state index contributed by atoms with van der Waals surface area (Å²) in [6.45, 7) is 18.7. The Hall–Kier alpha value is -2.61. The normalized spacial score (nSPS) is 19.1. The second-order valence-electron chi connectivity index (χ2n) is 13.0. The van der Waals surface area contributed by atoms with Gasteiger partial charge in [0.2, 0.25) is 11.8 Å². The van der Waals surface area contributed by atoms with E-state index >= 15 is 0 Å². The molecule has 4 bridgehead atoms. The zero-order valence-electron chi connectivity index (χ0n) is 26.4. The molecule has 1 unspecified atom stereocenters. The molecule has 7 heteroatoms. The highest BCUT2D eigenvalue weighted by molar-refractivity contribution is 8.00. The van der Waals surface area contributed by atoms with Crippen molar-refractivity contribution in [3.63, 3.8) is 0 Å². The minimum atomic E-state index is 0.299. The number of ether oxygens (including phenoxy) is 1. The summed E-state index contributed by atoms with van der Waals surface area (Å²) in [6, 6.07) is 18.3. The number of likely N-dealkylation sites (tertiary alicyclic amines) is 1. The summed E-state index contributed by atoms with van der Waals surface area (Å²) in [5.74, 6) is 2.57. The van der Waals surface area contributed by atoms with Gasteiger partial charge < -0.3 is 9.64 Å². The lowest BCUT2D eigenvalue weighted by molar-refractivity contribution is 0.0904. The van der Waals surface area contributed by atoms with Gasteiger partial charge in [-0.05, 0) is 126 Å². The van der Waals surface area contributed by atoms with Crippen LogP contribution in [0.5, 0.6) is 5.88 Å². The highest BCUT2D eigenvalue weighted by Gasteiger charge is 2.26. The van der Waals surface area contributed by atoms with Crippen LogP contribution in [0.4, 0.5) is 5.95 Å². The van der Waals surface area contributed by atoms with Gasteiger partial charge in [0.15, 0.2) is 0 Å². The monoisotopic (exact) mass is 587 g/mol. The molecule has 2 aromatic carbocycles. The van der Waals surface area contributed by atoms with Gasteiger partial charge in [-0.15, -0.1) is 0 Å². The Morgan fingerprint density at radius 1 is 0.976 bits per heavy atom. The quantitative estimate of drug-likeness (QED) is 0.281. The molecule has 0 spiro atoms. The number of aryl methyl sites for hydroxylation is 2. The fourth-order valence-electron chi connectivity index (χ4n) is 6.48. The van der Waals surface area contributed by atoms with E-state index < -0.39 is 0 Å². The standard InChI is InChI=1S/C35H49N5OS/c1-24(2)19-30-23-41-33-21-32(34-26(5)9-7-10-27(34)6)36-35(37-33)38-42-31-12-8-11-29(20-31)22-40(30)18-15-28-13-16-39(17-14-28)25(3)4/h7-12,20-21,24-25,28,30H,13-19,22-23H2,1-6H3,(H,36,37,38). The average molecular weight is 588 g/mol. The maximum atomic E-state index is 6.59. The van der Waals surface area contributed by atoms with Gasteiger partial charge in [0, 0.05) is 35.2 Å². The van der Waals surface area contributed by atoms with Crippen molar-refractivity contribution in [3.05, 3.63) is 65.2 Å². The summed E-state index contributed by atoms with van der Waals surface area (Å²) in [5.41, 5.74) is 5.78. The molecule has 1 atom stereocenters. The van der Waals surface area contributed by atoms with Crippen LogP contribution in [0.1, 0.15) is 70.1 Å². The Balaban J connectivity index is 1.43. The molecule has 1 saturated heterocycles. The first kappa shape index (κ1) is 30.8. The van der Waals surface area contributed by atoms with Gasteiger partial charge in [-0.25, -0.2) is 4.98 Å². The molecule has 5 rings (SSSR count). The van der Waals surface area contributed by atoms with Crippen molar-refractivity contribution in [1.29, 1.82) is 0 Å². The van der Waals surface area contributed by atoms with Crippen molar-refractivity contribution < 1.29 is 4.74 Å². The van der Waals surface area contributed by atoms with Crippen LogP contribution in [-0.2, 0) is 6.54 Å². The Kier molecular flexibility index (Phi) is 10.5. The van der Waals surface area contributed by atoms with Gasteiger partial charge in [-0.2, -0.15) is 4.98 Å². The Labute approximate surface area is 257 Å². The van der Waals surface area contributed by atoms with E-state index in [1.165, 1.54) is 49.0 Å². The smallest absolute Gasteiger partial charge is 0.237 e. The maximum Gasteiger partial charge on any atom is 0.237 e. The number of anilines is 1. The van der Waals surface area contributed by atoms with Crippen LogP contribution in [0.3, 0.4) is 0 Å². The van der Waals surface area contributed by atoms with E-state index in [1.54, 1.807) is 11.9 Å². The molecule has 0 amide bonds. The predicted octanol–water partition coefficient (Wildman–Crippen LogP) is 8.00. The number of nitrogens with zero attached hydrogens (tertiary/aromatic N) is 4. The number of hydrogen-bond donors (Lipinski definition) is 1. The molecule has 6 nitrogen and oxygen atoms in total. The van der Waals surface area contributed by atoms with Crippen molar-refractivity contribution in [2.24, 2.45) is 11.8 Å². The first-order chi connectivity index (χ1) is 20.2. The molecule has 2 aliphatic rings. The molecule has 0 radical (unpaired) electrons. The van der Waals surface area contributed by atoms with Crippen molar-refractivity contribution >= 4 is 17.9 Å². The lowest BCUT2D eigenvalue weighted by atomic mass is 9.92. The van der Waals surface area contributed by atoms with E-state index in [0.29, 0.717) is 36.4 Å². The zero-order chi connectivity index (χ0) is 29.6. The van der Waals surface area contributed by atoms with E-state index in [1.807, 2.05) is 6.07 Å². The fourth-order valence-corrected chi connectivity index (χ4v) is 7.14. The van der Waals surface area contributed by atoms with Crippen LogP contribution in [0.15, 0.2) is 53.4 Å². The second kappa shape index (κ2) is 14.2. The summed E-state index contributed by atoms with van der Waals surface area (Å²) >= 11 is 1.56. The maximum absolute atomic E-state index is 6.59. The molecule has 0 saturated carbocycles. The number of rotatable bonds is 7. The zero-order valence-corrected chi connectivity index (χ0v) is 27.2. The number of benzene rings is 2. The first-order valence-corrected chi connectivity index (χ1v) is 16.6. The van der Waals surface area contributed by atoms with E-state index in [-0.39, 0.29) is 0 Å². The number of fused-ring (bicyclic) bond motifs is 4. The van der Waals surface area contributed by atoms with Gasteiger partial charge in [0.25, 0.3) is 0 Å². The third kappa shape index (κ3) is 8.06. The van der Waals surface area contributed by atoms with Crippen molar-refractivity contribution in [2.75, 3.05) is 31.0 Å². The third-order valence-corrected chi connectivity index (χ3v) is 9.65. The highest BCUT2D eigenvalue weighted by Crippen LogP contribution is 2.31. The van der Waals surface area contributed by atoms with Crippen LogP contribution >= 0.6 is 11.9 Å². The molecular weight excluding hydrogens is 538 g/mol. The number of aromatic nitrogens is 2. The van der Waals surface area contributed by atoms with Gasteiger partial charge in [-0.3, -0.25) is 9.62 Å². The topological polar surface area (TPSA) is 53.5 Å². The van der Waals surface area contributed by atoms with E-state index in [9.17, 15) is 0 Å². The van der Waals surface area contributed by atoms with Gasteiger partial charge >= 0.3 is 0 Å². The first-order valence-electron chi connectivity index (χ1n) is 15.8. The number of piperidine rings is 1. The fraction of sp³-hybridized carbons (Fsp3) is 0.543. The molecule has 2 aliphatic heterocycles. The lowest BCUT2D eigenvalue weighted by Crippen LogP contribution is -2.42. The molecular formula is C35H49N5OS. The summed E-state index contributed by atoms with van der Waals surface area (Å²) in [5, 5.41) is 0. The Bertz CT molecular complexity index is 1300. The molecule has 42 heavy (non-hydrogen) atoms. The molecule has 0 aliphatic carbocycles. The third-order valence-electron chi connectivity index (χ3n) is 8.87. The van der Waals surface area contributed by atoms with Crippen molar-refractivity contribution in [2.45, 2.75) is 90.7 Å². The highest BCUT2D eigenvalue weighted by atomic mass is 32.2. The number of nitrogens with one attached hydrogen (secondary N) is 1. The molecule has 3 aromatic rings. The van der Waals surface area contributed by atoms with E-state index in [2.05, 4.69) is 98.5 Å². The SMILES string of the molecule is Cc1cccc(C)c1-c1cc2nc(n1)NSc1cccc(c1)CN(CCC1CCN(C(C)C)CC1)C(CC(C)C)CO2. The average Bonchev–Trinajstić information content (AvgIpc) is 2.96. The van der Waals surface area contributed by atoms with Crippen LogP contribution in [0.2, 0.25) is 0 Å². The molecule has 3 heterocycles. The predicted molar refractivity (Wildman–Crippen MR) is 176 cm³/mol. The van der Waals surface area contributed by atoms with Gasteiger partial charge in [-0.1, -0.05) is 44.2 Å². The minimum Gasteiger partial charge on any atom is -0.476 e. The van der Waals surface area contributed by atoms with E-state index in [4.69, 9.17) is 14.7 Å². The Morgan fingerprint density at radius 3 is 2.43 bits per heavy atom. The van der Waals surface area contributed by atoms with Gasteiger partial charge in [0.1, 0.15) is 6.61 Å². The second-order valence-corrected chi connectivity index (χ2v) is 13.8. The molecule has 1 N–H and O–H groups in total. The Morgan fingerprint density at radius 2 is 1.71 bits per heavy atom. The van der Waals surface area contributed by atoms with Crippen molar-refractivity contribution in [3.8, 4) is 17.1 Å². The minimum absolute atomic E-state index is 0.299. The molecule has 1 fully saturated rings. The van der Waals surface area contributed by atoms with Crippen LogP contribution in [0.25, 0.3) is 11.3 Å². The number of hydrogen-bond acceptors (Lipinski definition) is 7. The van der Waals surface area contributed by atoms with Gasteiger partial charge in [0.05, 0.1) is 5.69 Å². The van der Waals surface area contributed by atoms with Crippen molar-refractivity contribution in [1.82, 2.24) is 19.8 Å². The summed E-state index contributed by atoms with van der Waals surface area (Å²) in [6.07, 6.45) is 4.94. The lowest BCUT2D eigenvalue weighted by Gasteiger charge is -2.37. The van der Waals surface area contributed by atoms with E-state index in [0.717, 1.165) is 41.6 Å². The molecule has 1 aromatic heterocycles. The largest absolute Gasteiger partial charge is 0.476 e. The van der Waals surface area contributed by atoms with Crippen LogP contribution in [0, 0.1) is 25.7 Å².